The smallest absolute Gasteiger partial charge is 0.338 e. The molecule has 0 saturated heterocycles. The Labute approximate surface area is 157 Å². The fourth-order valence-corrected chi connectivity index (χ4v) is 3.07. The molecular formula is C21H19N3O3. The van der Waals surface area contributed by atoms with Gasteiger partial charge in [0.1, 0.15) is 17.4 Å². The van der Waals surface area contributed by atoms with Gasteiger partial charge < -0.3 is 15.2 Å². The largest absolute Gasteiger partial charge is 0.463 e. The van der Waals surface area contributed by atoms with Crippen molar-refractivity contribution in [2.45, 2.75) is 19.8 Å². The highest BCUT2D eigenvalue weighted by Gasteiger charge is 2.36. The SMILES string of the molecule is CCOC(=O)C1=C(C)OC(N)=C(C#N)C1c1ccc(-c2ccccn2)cc1. The minimum absolute atomic E-state index is 0.00171. The number of allylic oxidation sites excluding steroid dienone is 2. The van der Waals surface area contributed by atoms with E-state index in [-0.39, 0.29) is 23.6 Å². The highest BCUT2D eigenvalue weighted by Crippen LogP contribution is 2.39. The molecule has 0 fully saturated rings. The molecule has 1 atom stereocenters. The monoisotopic (exact) mass is 361 g/mol. The number of carbonyl (C=O) groups is 1. The molecule has 0 aliphatic carbocycles. The van der Waals surface area contributed by atoms with Crippen molar-refractivity contribution in [3.8, 4) is 17.3 Å². The molecule has 0 bridgehead atoms. The highest BCUT2D eigenvalue weighted by molar-refractivity contribution is 5.92. The lowest BCUT2D eigenvalue weighted by atomic mass is 9.82. The molecule has 0 radical (unpaired) electrons. The van der Waals surface area contributed by atoms with Gasteiger partial charge in [-0.05, 0) is 31.5 Å². The Morgan fingerprint density at radius 3 is 2.63 bits per heavy atom. The van der Waals surface area contributed by atoms with E-state index in [4.69, 9.17) is 15.2 Å². The quantitative estimate of drug-likeness (QED) is 0.838. The molecule has 2 aromatic rings. The van der Waals surface area contributed by atoms with Gasteiger partial charge in [0.2, 0.25) is 5.88 Å². The lowest BCUT2D eigenvalue weighted by Crippen LogP contribution is -2.25. The van der Waals surface area contributed by atoms with Crippen molar-refractivity contribution in [1.29, 1.82) is 5.26 Å². The first-order chi connectivity index (χ1) is 13.1. The Morgan fingerprint density at radius 2 is 2.04 bits per heavy atom. The zero-order valence-electron chi connectivity index (χ0n) is 15.1. The minimum Gasteiger partial charge on any atom is -0.463 e. The van der Waals surface area contributed by atoms with Crippen LogP contribution in [0.4, 0.5) is 0 Å². The summed E-state index contributed by atoms with van der Waals surface area (Å²) in [6, 6.07) is 15.3. The standard InChI is InChI=1S/C21H19N3O3/c1-3-26-21(25)18-13(2)27-20(23)16(12-22)19(18)15-9-7-14(8-10-15)17-6-4-5-11-24-17/h4-11,19H,3,23H2,1-2H3. The van der Waals surface area contributed by atoms with Crippen LogP contribution in [0.5, 0.6) is 0 Å². The van der Waals surface area contributed by atoms with Crippen LogP contribution in [0.1, 0.15) is 25.3 Å². The number of nitrogens with zero attached hydrogens (tertiary/aromatic N) is 2. The number of nitrogens with two attached hydrogens (primary N) is 1. The molecule has 136 valence electrons. The normalized spacial score (nSPS) is 16.6. The molecule has 27 heavy (non-hydrogen) atoms. The third-order valence-corrected chi connectivity index (χ3v) is 4.31. The van der Waals surface area contributed by atoms with Gasteiger partial charge in [-0.15, -0.1) is 0 Å². The van der Waals surface area contributed by atoms with Crippen LogP contribution in [0.3, 0.4) is 0 Å². The number of hydrogen-bond acceptors (Lipinski definition) is 6. The number of pyridine rings is 1. The number of esters is 1. The van der Waals surface area contributed by atoms with Gasteiger partial charge in [-0.1, -0.05) is 30.3 Å². The highest BCUT2D eigenvalue weighted by atomic mass is 16.5. The van der Waals surface area contributed by atoms with E-state index in [2.05, 4.69) is 11.1 Å². The zero-order valence-corrected chi connectivity index (χ0v) is 15.1. The van der Waals surface area contributed by atoms with E-state index in [1.807, 2.05) is 42.5 Å². The molecule has 2 N–H and O–H groups in total. The van der Waals surface area contributed by atoms with Gasteiger partial charge in [-0.2, -0.15) is 5.26 Å². The Hall–Kier alpha value is -3.59. The lowest BCUT2D eigenvalue weighted by Gasteiger charge is -2.26. The van der Waals surface area contributed by atoms with Gasteiger partial charge in [0.15, 0.2) is 0 Å². The van der Waals surface area contributed by atoms with Crippen molar-refractivity contribution in [1.82, 2.24) is 4.98 Å². The van der Waals surface area contributed by atoms with Crippen LogP contribution in [0.25, 0.3) is 11.3 Å². The van der Waals surface area contributed by atoms with Crippen molar-refractivity contribution in [2.75, 3.05) is 6.61 Å². The molecule has 6 heteroatoms. The molecule has 1 aliphatic rings. The third kappa shape index (κ3) is 3.53. The van der Waals surface area contributed by atoms with Crippen LogP contribution in [0.2, 0.25) is 0 Å². The van der Waals surface area contributed by atoms with Crippen molar-refractivity contribution in [3.63, 3.8) is 0 Å². The van der Waals surface area contributed by atoms with E-state index < -0.39 is 11.9 Å². The van der Waals surface area contributed by atoms with Gasteiger partial charge in [-0.3, -0.25) is 4.98 Å². The topological polar surface area (TPSA) is 98.2 Å². The molecular weight excluding hydrogens is 342 g/mol. The van der Waals surface area contributed by atoms with Crippen LogP contribution in [0, 0.1) is 11.3 Å². The third-order valence-electron chi connectivity index (χ3n) is 4.31. The first kappa shape index (κ1) is 18.2. The van der Waals surface area contributed by atoms with Crippen molar-refractivity contribution in [2.24, 2.45) is 5.73 Å². The predicted molar refractivity (Wildman–Crippen MR) is 99.7 cm³/mol. The van der Waals surface area contributed by atoms with Crippen LogP contribution in [0.15, 0.2) is 71.4 Å². The maximum Gasteiger partial charge on any atom is 0.338 e. The minimum atomic E-state index is -0.638. The van der Waals surface area contributed by atoms with Crippen molar-refractivity contribution in [3.05, 3.63) is 77.0 Å². The molecule has 1 aromatic carbocycles. The van der Waals surface area contributed by atoms with Crippen LogP contribution in [-0.2, 0) is 14.3 Å². The number of benzene rings is 1. The van der Waals surface area contributed by atoms with Crippen molar-refractivity contribution >= 4 is 5.97 Å². The summed E-state index contributed by atoms with van der Waals surface area (Å²) in [5, 5.41) is 9.59. The Kier molecular flexibility index (Phi) is 5.23. The summed E-state index contributed by atoms with van der Waals surface area (Å²) in [5.74, 6) is -0.819. The summed E-state index contributed by atoms with van der Waals surface area (Å²) < 4.78 is 10.6. The lowest BCUT2D eigenvalue weighted by molar-refractivity contribution is -0.139. The zero-order chi connectivity index (χ0) is 19.4. The second-order valence-corrected chi connectivity index (χ2v) is 5.95. The predicted octanol–water partition coefficient (Wildman–Crippen LogP) is 3.39. The second-order valence-electron chi connectivity index (χ2n) is 5.95. The fraction of sp³-hybridized carbons (Fsp3) is 0.190. The van der Waals surface area contributed by atoms with Gasteiger partial charge >= 0.3 is 5.97 Å². The number of rotatable bonds is 4. The maximum atomic E-state index is 12.5. The van der Waals surface area contributed by atoms with E-state index >= 15 is 0 Å². The van der Waals surface area contributed by atoms with E-state index in [1.54, 1.807) is 20.0 Å². The Bertz CT molecular complexity index is 954. The number of ether oxygens (including phenoxy) is 2. The van der Waals surface area contributed by atoms with E-state index in [1.165, 1.54) is 0 Å². The first-order valence-corrected chi connectivity index (χ1v) is 8.53. The molecule has 2 heterocycles. The number of aromatic nitrogens is 1. The summed E-state index contributed by atoms with van der Waals surface area (Å²) in [4.78, 5) is 16.8. The van der Waals surface area contributed by atoms with Gasteiger partial charge in [0, 0.05) is 11.8 Å². The fourth-order valence-electron chi connectivity index (χ4n) is 3.07. The second kappa shape index (κ2) is 7.75. The first-order valence-electron chi connectivity index (χ1n) is 8.53. The van der Waals surface area contributed by atoms with Crippen LogP contribution >= 0.6 is 0 Å². The molecule has 1 unspecified atom stereocenters. The van der Waals surface area contributed by atoms with Gasteiger partial charge in [-0.25, -0.2) is 4.79 Å². The molecule has 0 amide bonds. The van der Waals surface area contributed by atoms with Crippen LogP contribution in [-0.4, -0.2) is 17.6 Å². The summed E-state index contributed by atoms with van der Waals surface area (Å²) >= 11 is 0. The van der Waals surface area contributed by atoms with Crippen LogP contribution < -0.4 is 5.73 Å². The van der Waals surface area contributed by atoms with Gasteiger partial charge in [0.25, 0.3) is 0 Å². The van der Waals surface area contributed by atoms with Crippen molar-refractivity contribution < 1.29 is 14.3 Å². The van der Waals surface area contributed by atoms with E-state index in [0.717, 1.165) is 16.8 Å². The van der Waals surface area contributed by atoms with Gasteiger partial charge in [0.05, 0.1) is 23.8 Å². The average Bonchev–Trinajstić information content (AvgIpc) is 2.68. The molecule has 0 saturated carbocycles. The number of hydrogen-bond donors (Lipinski definition) is 1. The molecule has 1 aliphatic heterocycles. The summed E-state index contributed by atoms with van der Waals surface area (Å²) in [5.41, 5.74) is 8.90. The summed E-state index contributed by atoms with van der Waals surface area (Å²) in [6.07, 6.45) is 1.73. The Balaban J connectivity index is 2.06. The summed E-state index contributed by atoms with van der Waals surface area (Å²) in [6.45, 7) is 3.59. The Morgan fingerprint density at radius 1 is 1.30 bits per heavy atom. The molecule has 0 spiro atoms. The summed E-state index contributed by atoms with van der Waals surface area (Å²) in [7, 11) is 0. The molecule has 1 aromatic heterocycles. The van der Waals surface area contributed by atoms with E-state index in [0.29, 0.717) is 5.76 Å². The molecule has 6 nitrogen and oxygen atoms in total. The number of carbonyl (C=O) groups excluding carboxylic acids is 1. The average molecular weight is 361 g/mol. The molecule has 3 rings (SSSR count). The van der Waals surface area contributed by atoms with E-state index in [9.17, 15) is 10.1 Å². The number of nitriles is 1. The maximum absolute atomic E-state index is 12.5.